The summed E-state index contributed by atoms with van der Waals surface area (Å²) < 4.78 is 52.7. The number of fused-ring (bicyclic) bond motifs is 1. The molecule has 1 aliphatic carbocycles. The van der Waals surface area contributed by atoms with Gasteiger partial charge in [-0.05, 0) is 63.4 Å². The molecule has 1 fully saturated rings. The number of benzene rings is 1. The van der Waals surface area contributed by atoms with Gasteiger partial charge in [0, 0.05) is 17.4 Å². The maximum Gasteiger partial charge on any atom is 0.276 e. The lowest BCUT2D eigenvalue weighted by Gasteiger charge is -2.61. The number of imidazole rings is 1. The van der Waals surface area contributed by atoms with Crippen LogP contribution < -0.4 is 11.1 Å². The van der Waals surface area contributed by atoms with Crippen molar-refractivity contribution in [3.63, 3.8) is 0 Å². The van der Waals surface area contributed by atoms with Gasteiger partial charge in [0.15, 0.2) is 0 Å². The predicted molar refractivity (Wildman–Crippen MR) is 133 cm³/mol. The van der Waals surface area contributed by atoms with Gasteiger partial charge in [-0.3, -0.25) is 18.9 Å². The van der Waals surface area contributed by atoms with Crippen LogP contribution in [0.25, 0.3) is 5.65 Å². The second-order valence-corrected chi connectivity index (χ2v) is 12.0. The number of amidine groups is 1. The molecule has 1 spiro atoms. The summed E-state index contributed by atoms with van der Waals surface area (Å²) in [5, 5.41) is 3.13. The smallest absolute Gasteiger partial charge is 0.276 e. The molecular weight excluding hydrogens is 500 g/mol. The van der Waals surface area contributed by atoms with E-state index in [1.54, 1.807) is 29.7 Å². The number of aryl methyl sites for hydroxylation is 1. The van der Waals surface area contributed by atoms with E-state index in [-0.39, 0.29) is 22.8 Å². The van der Waals surface area contributed by atoms with Crippen LogP contribution in [0.2, 0.25) is 5.02 Å². The number of nitrogens with one attached hydrogen (secondary N) is 1. The number of anilines is 1. The Labute approximate surface area is 206 Å². The third-order valence-corrected chi connectivity index (χ3v) is 10.1. The predicted octanol–water partition coefficient (Wildman–Crippen LogP) is 5.24. The highest BCUT2D eigenvalue weighted by atomic mass is 35.5. The molecule has 35 heavy (non-hydrogen) atoms. The molecule has 2 aliphatic rings. The van der Waals surface area contributed by atoms with Crippen LogP contribution in [0.1, 0.15) is 47.9 Å². The van der Waals surface area contributed by atoms with Gasteiger partial charge in [-0.25, -0.2) is 13.8 Å². The third-order valence-electron chi connectivity index (χ3n) is 7.09. The summed E-state index contributed by atoms with van der Waals surface area (Å²) in [6, 6.07) is 6.93. The second-order valence-electron chi connectivity index (χ2n) is 9.17. The van der Waals surface area contributed by atoms with Crippen LogP contribution in [0.3, 0.4) is 0 Å². The van der Waals surface area contributed by atoms with Crippen molar-refractivity contribution in [2.75, 3.05) is 5.32 Å². The largest absolute Gasteiger partial charge is 0.386 e. The second kappa shape index (κ2) is 7.89. The SMILES string of the molecule is Cc1c(C(=O)Nc2ccc(F)c([C@@]3(C)N=C(N)C4(CCC4)S(O)(O)[C@@H]3F)c2)nc2ccc(Cl)cn12. The molecule has 0 unspecified atom stereocenters. The fourth-order valence-corrected chi connectivity index (χ4v) is 7.46. The van der Waals surface area contributed by atoms with Gasteiger partial charge in [0.05, 0.1) is 10.7 Å². The van der Waals surface area contributed by atoms with Gasteiger partial charge in [-0.15, -0.1) is 10.6 Å². The molecule has 3 heterocycles. The molecule has 2 aromatic heterocycles. The Balaban J connectivity index is 1.51. The molecule has 0 saturated heterocycles. The minimum Gasteiger partial charge on any atom is -0.386 e. The van der Waals surface area contributed by atoms with Crippen LogP contribution in [0.15, 0.2) is 41.5 Å². The maximum absolute atomic E-state index is 15.7. The lowest BCUT2D eigenvalue weighted by Crippen LogP contribution is -2.61. The average Bonchev–Trinajstić information content (AvgIpc) is 3.08. The Morgan fingerprint density at radius 1 is 1.31 bits per heavy atom. The molecule has 1 aliphatic heterocycles. The Bertz CT molecular complexity index is 1410. The van der Waals surface area contributed by atoms with Gasteiger partial charge in [-0.1, -0.05) is 11.6 Å². The number of carbonyl (C=O) groups is 1. The van der Waals surface area contributed by atoms with Crippen molar-refractivity contribution in [3.8, 4) is 0 Å². The normalized spacial score (nSPS) is 25.7. The third kappa shape index (κ3) is 3.36. The van der Waals surface area contributed by atoms with Gasteiger partial charge in [0.1, 0.15) is 33.3 Å². The number of hydrogen-bond acceptors (Lipinski definition) is 6. The molecule has 12 heteroatoms. The molecule has 8 nitrogen and oxygen atoms in total. The van der Waals surface area contributed by atoms with Gasteiger partial charge >= 0.3 is 0 Å². The summed E-state index contributed by atoms with van der Waals surface area (Å²) in [6.45, 7) is 2.97. The Morgan fingerprint density at radius 2 is 2.03 bits per heavy atom. The van der Waals surface area contributed by atoms with E-state index in [1.165, 1.54) is 19.1 Å². The summed E-state index contributed by atoms with van der Waals surface area (Å²) in [4.78, 5) is 21.6. The molecule has 2 atom stereocenters. The van der Waals surface area contributed by atoms with E-state index in [0.29, 0.717) is 35.6 Å². The Hall–Kier alpha value is -2.73. The van der Waals surface area contributed by atoms with Crippen LogP contribution in [-0.4, -0.2) is 40.5 Å². The molecule has 3 aromatic rings. The highest BCUT2D eigenvalue weighted by Crippen LogP contribution is 2.70. The number of halogens is 3. The molecular formula is C23H24ClF2N5O3S. The molecule has 0 radical (unpaired) electrons. The Kier molecular flexibility index (Phi) is 5.41. The average molecular weight is 524 g/mol. The summed E-state index contributed by atoms with van der Waals surface area (Å²) in [7, 11) is -3.89. The number of pyridine rings is 1. The number of alkyl halides is 1. The molecule has 186 valence electrons. The molecule has 1 amide bonds. The van der Waals surface area contributed by atoms with Crippen molar-refractivity contribution in [3.05, 3.63) is 64.3 Å². The minimum absolute atomic E-state index is 0.0898. The van der Waals surface area contributed by atoms with Crippen molar-refractivity contribution in [1.82, 2.24) is 9.38 Å². The first-order valence-corrected chi connectivity index (χ1v) is 12.9. The van der Waals surface area contributed by atoms with Gasteiger partial charge < -0.3 is 15.5 Å². The fourth-order valence-electron chi connectivity index (χ4n) is 4.84. The van der Waals surface area contributed by atoms with E-state index >= 15 is 4.39 Å². The van der Waals surface area contributed by atoms with E-state index in [9.17, 15) is 18.3 Å². The van der Waals surface area contributed by atoms with E-state index < -0.39 is 38.1 Å². The highest BCUT2D eigenvalue weighted by Gasteiger charge is 2.63. The van der Waals surface area contributed by atoms with Crippen molar-refractivity contribution < 1.29 is 22.7 Å². The molecule has 5 rings (SSSR count). The van der Waals surface area contributed by atoms with E-state index in [2.05, 4.69) is 15.3 Å². The number of carbonyl (C=O) groups excluding carboxylic acids is 1. The zero-order chi connectivity index (χ0) is 25.3. The fraction of sp³-hybridized carbons (Fsp3) is 0.348. The van der Waals surface area contributed by atoms with Crippen molar-refractivity contribution in [2.45, 2.75) is 48.9 Å². The number of rotatable bonds is 3. The van der Waals surface area contributed by atoms with Gasteiger partial charge in [0.2, 0.25) is 5.50 Å². The van der Waals surface area contributed by atoms with Crippen molar-refractivity contribution >= 4 is 45.3 Å². The standard InChI is InChI=1S/C23H24ClF2N5O3S/c1-12-18(29-17-7-4-13(24)11-31(12)17)19(32)28-14-5-6-16(25)15(10-14)22(2)20(26)35(33,34)23(8-3-9-23)21(27)30-22/h4-7,10-11,20,33-34H,3,8-9H2,1-2H3,(H2,27,30)(H,28,32)/t20-,22+/m0/s1. The summed E-state index contributed by atoms with van der Waals surface area (Å²) in [5.41, 5.74) is 2.93. The first kappa shape index (κ1) is 24.0. The topological polar surface area (TPSA) is 125 Å². The van der Waals surface area contributed by atoms with Crippen LogP contribution >= 0.6 is 22.2 Å². The minimum atomic E-state index is -3.89. The summed E-state index contributed by atoms with van der Waals surface area (Å²) in [6.07, 6.45) is 2.92. The van der Waals surface area contributed by atoms with Crippen LogP contribution in [-0.2, 0) is 5.54 Å². The number of nitrogens with zero attached hydrogens (tertiary/aromatic N) is 3. The molecule has 5 N–H and O–H groups in total. The van der Waals surface area contributed by atoms with E-state index in [4.69, 9.17) is 17.3 Å². The quantitative estimate of drug-likeness (QED) is 0.373. The zero-order valence-corrected chi connectivity index (χ0v) is 20.5. The Morgan fingerprint density at radius 3 is 2.69 bits per heavy atom. The first-order chi connectivity index (χ1) is 16.4. The molecule has 1 aromatic carbocycles. The van der Waals surface area contributed by atoms with E-state index in [1.807, 2.05) is 0 Å². The molecule has 0 bridgehead atoms. The number of nitrogens with two attached hydrogens (primary N) is 1. The van der Waals surface area contributed by atoms with Crippen LogP contribution in [0.4, 0.5) is 14.5 Å². The van der Waals surface area contributed by atoms with Gasteiger partial charge in [-0.2, -0.15) is 0 Å². The molecule has 1 saturated carbocycles. The number of amides is 1. The first-order valence-electron chi connectivity index (χ1n) is 10.9. The monoisotopic (exact) mass is 523 g/mol. The zero-order valence-electron chi connectivity index (χ0n) is 18.9. The van der Waals surface area contributed by atoms with Crippen LogP contribution in [0.5, 0.6) is 0 Å². The maximum atomic E-state index is 15.7. The van der Waals surface area contributed by atoms with Crippen molar-refractivity contribution in [1.29, 1.82) is 0 Å². The number of aliphatic imine (C=N–C) groups is 1. The number of hydrogen-bond donors (Lipinski definition) is 4. The van der Waals surface area contributed by atoms with Gasteiger partial charge in [0.25, 0.3) is 5.91 Å². The summed E-state index contributed by atoms with van der Waals surface area (Å²) >= 11 is 6.03. The summed E-state index contributed by atoms with van der Waals surface area (Å²) in [5.74, 6) is -1.47. The lowest BCUT2D eigenvalue weighted by atomic mass is 9.82. The highest BCUT2D eigenvalue weighted by molar-refractivity contribution is 8.26. The lowest BCUT2D eigenvalue weighted by molar-refractivity contribution is 0.102. The van der Waals surface area contributed by atoms with Crippen molar-refractivity contribution in [2.24, 2.45) is 10.7 Å². The van der Waals surface area contributed by atoms with E-state index in [0.717, 1.165) is 6.07 Å². The van der Waals surface area contributed by atoms with Crippen LogP contribution in [0, 0.1) is 12.7 Å². The number of aromatic nitrogens is 2.